The van der Waals surface area contributed by atoms with Gasteiger partial charge in [-0.2, -0.15) is 0 Å². The second-order valence-corrected chi connectivity index (χ2v) is 8.14. The molecule has 6 nitrogen and oxygen atoms in total. The molecule has 0 bridgehead atoms. The number of thiazole rings is 1. The lowest BCUT2D eigenvalue weighted by molar-refractivity contribution is -0.133. The fourth-order valence-electron chi connectivity index (χ4n) is 3.07. The van der Waals surface area contributed by atoms with Gasteiger partial charge in [0.1, 0.15) is 11.6 Å². The summed E-state index contributed by atoms with van der Waals surface area (Å²) in [5.74, 6) is 2.04. The van der Waals surface area contributed by atoms with Crippen LogP contribution in [-0.4, -0.2) is 38.8 Å². The van der Waals surface area contributed by atoms with Crippen LogP contribution < -0.4 is 5.32 Å². The zero-order chi connectivity index (χ0) is 18.1. The third-order valence-electron chi connectivity index (χ3n) is 4.53. The normalized spacial score (nSPS) is 17.4. The first kappa shape index (κ1) is 17.8. The van der Waals surface area contributed by atoms with E-state index in [0.717, 1.165) is 47.7 Å². The average molecular weight is 359 g/mol. The van der Waals surface area contributed by atoms with Crippen molar-refractivity contribution >= 4 is 28.2 Å². The minimum Gasteiger partial charge on any atom is -0.342 e. The SMILES string of the molecule is Cc1nc(Nc2nc(C)c(C)s2)cc([C@@H]2CCN(C(=O)C(C)C)C2)n1. The van der Waals surface area contributed by atoms with Crippen molar-refractivity contribution in [2.24, 2.45) is 5.92 Å². The first-order valence-electron chi connectivity index (χ1n) is 8.69. The van der Waals surface area contributed by atoms with E-state index in [0.29, 0.717) is 0 Å². The summed E-state index contributed by atoms with van der Waals surface area (Å²) in [6.07, 6.45) is 0.948. The Hall–Kier alpha value is -2.02. The summed E-state index contributed by atoms with van der Waals surface area (Å²) in [6, 6.07) is 1.99. The van der Waals surface area contributed by atoms with Crippen LogP contribution in [0.3, 0.4) is 0 Å². The van der Waals surface area contributed by atoms with Gasteiger partial charge in [-0.25, -0.2) is 15.0 Å². The van der Waals surface area contributed by atoms with Gasteiger partial charge in [0.05, 0.1) is 11.4 Å². The quantitative estimate of drug-likeness (QED) is 0.903. The molecule has 0 aromatic carbocycles. The Morgan fingerprint density at radius 2 is 2.04 bits per heavy atom. The molecule has 1 aliphatic heterocycles. The molecule has 3 rings (SSSR count). The van der Waals surface area contributed by atoms with Crippen LogP contribution in [0.15, 0.2) is 6.07 Å². The number of likely N-dealkylation sites (tertiary alicyclic amines) is 1. The number of aromatic nitrogens is 3. The van der Waals surface area contributed by atoms with Crippen molar-refractivity contribution in [2.75, 3.05) is 18.4 Å². The highest BCUT2D eigenvalue weighted by molar-refractivity contribution is 7.15. The molecule has 2 aromatic heterocycles. The number of hydrogen-bond donors (Lipinski definition) is 1. The van der Waals surface area contributed by atoms with E-state index in [4.69, 9.17) is 0 Å². The molecular weight excluding hydrogens is 334 g/mol. The fraction of sp³-hybridized carbons (Fsp3) is 0.556. The second kappa shape index (κ2) is 7.07. The number of hydrogen-bond acceptors (Lipinski definition) is 6. The van der Waals surface area contributed by atoms with Crippen LogP contribution in [0.5, 0.6) is 0 Å². The Kier molecular flexibility index (Phi) is 5.03. The van der Waals surface area contributed by atoms with Gasteiger partial charge in [0.25, 0.3) is 0 Å². The number of anilines is 2. The van der Waals surface area contributed by atoms with E-state index in [1.807, 2.05) is 38.7 Å². The molecule has 1 N–H and O–H groups in total. The van der Waals surface area contributed by atoms with E-state index >= 15 is 0 Å². The minimum absolute atomic E-state index is 0.0412. The number of nitrogens with zero attached hydrogens (tertiary/aromatic N) is 4. The smallest absolute Gasteiger partial charge is 0.225 e. The van der Waals surface area contributed by atoms with Crippen LogP contribution in [0.25, 0.3) is 0 Å². The summed E-state index contributed by atoms with van der Waals surface area (Å²) in [4.78, 5) is 29.0. The lowest BCUT2D eigenvalue weighted by atomic mass is 10.0. The largest absolute Gasteiger partial charge is 0.342 e. The maximum Gasteiger partial charge on any atom is 0.225 e. The molecule has 134 valence electrons. The summed E-state index contributed by atoms with van der Waals surface area (Å²) < 4.78 is 0. The van der Waals surface area contributed by atoms with Crippen LogP contribution in [0.4, 0.5) is 10.9 Å². The monoisotopic (exact) mass is 359 g/mol. The third kappa shape index (κ3) is 3.98. The van der Waals surface area contributed by atoms with Crippen molar-refractivity contribution in [1.82, 2.24) is 19.9 Å². The van der Waals surface area contributed by atoms with Crippen LogP contribution in [-0.2, 0) is 4.79 Å². The first-order chi connectivity index (χ1) is 11.8. The molecule has 3 heterocycles. The van der Waals surface area contributed by atoms with E-state index in [9.17, 15) is 4.79 Å². The van der Waals surface area contributed by atoms with E-state index in [1.165, 1.54) is 4.88 Å². The molecule has 7 heteroatoms. The second-order valence-electron chi connectivity index (χ2n) is 6.94. The minimum atomic E-state index is 0.0412. The average Bonchev–Trinajstić information content (AvgIpc) is 3.13. The molecule has 0 unspecified atom stereocenters. The summed E-state index contributed by atoms with van der Waals surface area (Å²) in [7, 11) is 0. The van der Waals surface area contributed by atoms with E-state index in [-0.39, 0.29) is 17.7 Å². The van der Waals surface area contributed by atoms with Crippen molar-refractivity contribution in [3.63, 3.8) is 0 Å². The van der Waals surface area contributed by atoms with E-state index < -0.39 is 0 Å². The molecule has 1 amide bonds. The molecule has 2 aromatic rings. The van der Waals surface area contributed by atoms with Gasteiger partial charge in [-0.05, 0) is 27.2 Å². The molecule has 0 aliphatic carbocycles. The van der Waals surface area contributed by atoms with Gasteiger partial charge >= 0.3 is 0 Å². The molecular formula is C18H25N5OS. The Morgan fingerprint density at radius 1 is 1.28 bits per heavy atom. The van der Waals surface area contributed by atoms with Crippen LogP contribution in [0, 0.1) is 26.7 Å². The summed E-state index contributed by atoms with van der Waals surface area (Å²) in [5.41, 5.74) is 2.04. The zero-order valence-corrected chi connectivity index (χ0v) is 16.3. The Balaban J connectivity index is 1.77. The van der Waals surface area contributed by atoms with Gasteiger partial charge in [-0.1, -0.05) is 13.8 Å². The van der Waals surface area contributed by atoms with Gasteiger partial charge in [-0.3, -0.25) is 4.79 Å². The molecule has 25 heavy (non-hydrogen) atoms. The Labute approximate surface area is 152 Å². The molecule has 0 spiro atoms. The summed E-state index contributed by atoms with van der Waals surface area (Å²) in [5, 5.41) is 4.15. The lowest BCUT2D eigenvalue weighted by Gasteiger charge is -2.18. The highest BCUT2D eigenvalue weighted by Crippen LogP contribution is 2.29. The topological polar surface area (TPSA) is 71.0 Å². The van der Waals surface area contributed by atoms with E-state index in [2.05, 4.69) is 27.2 Å². The number of aryl methyl sites for hydroxylation is 3. The standard InChI is InChI=1S/C18H25N5OS/c1-10(2)17(24)23-7-6-14(9-23)15-8-16(21-13(5)20-15)22-18-19-11(3)12(4)25-18/h8,10,14H,6-7,9H2,1-5H3,(H,19,20,21,22)/t14-/m1/s1. The van der Waals surface area contributed by atoms with E-state index in [1.54, 1.807) is 11.3 Å². The highest BCUT2D eigenvalue weighted by atomic mass is 32.1. The molecule has 1 fully saturated rings. The summed E-state index contributed by atoms with van der Waals surface area (Å²) in [6.45, 7) is 11.4. The summed E-state index contributed by atoms with van der Waals surface area (Å²) >= 11 is 1.63. The lowest BCUT2D eigenvalue weighted by Crippen LogP contribution is -2.32. The maximum atomic E-state index is 12.2. The van der Waals surface area contributed by atoms with Crippen molar-refractivity contribution in [2.45, 2.75) is 47.0 Å². The van der Waals surface area contributed by atoms with Crippen molar-refractivity contribution in [3.05, 3.63) is 28.2 Å². The zero-order valence-electron chi connectivity index (χ0n) is 15.5. The maximum absolute atomic E-state index is 12.2. The van der Waals surface area contributed by atoms with Gasteiger partial charge in [0.2, 0.25) is 5.91 Å². The number of nitrogens with one attached hydrogen (secondary N) is 1. The molecule has 1 aliphatic rings. The van der Waals surface area contributed by atoms with Crippen molar-refractivity contribution < 1.29 is 4.79 Å². The van der Waals surface area contributed by atoms with Crippen LogP contribution >= 0.6 is 11.3 Å². The van der Waals surface area contributed by atoms with Crippen LogP contribution in [0.1, 0.15) is 48.3 Å². The Bertz CT molecular complexity index is 766. The van der Waals surface area contributed by atoms with Gasteiger partial charge in [0, 0.05) is 35.9 Å². The number of amides is 1. The van der Waals surface area contributed by atoms with Gasteiger partial charge < -0.3 is 10.2 Å². The van der Waals surface area contributed by atoms with Crippen molar-refractivity contribution in [1.29, 1.82) is 0 Å². The predicted molar refractivity (Wildman–Crippen MR) is 100 cm³/mol. The van der Waals surface area contributed by atoms with Gasteiger partial charge in [-0.15, -0.1) is 11.3 Å². The number of carbonyl (C=O) groups excluding carboxylic acids is 1. The van der Waals surface area contributed by atoms with Gasteiger partial charge in [0.15, 0.2) is 5.13 Å². The molecule has 1 atom stereocenters. The number of rotatable bonds is 4. The van der Waals surface area contributed by atoms with Crippen molar-refractivity contribution in [3.8, 4) is 0 Å². The molecule has 0 saturated carbocycles. The third-order valence-corrected chi connectivity index (χ3v) is 5.52. The highest BCUT2D eigenvalue weighted by Gasteiger charge is 2.29. The molecule has 1 saturated heterocycles. The predicted octanol–water partition coefficient (Wildman–Crippen LogP) is 3.57. The Morgan fingerprint density at radius 3 is 2.68 bits per heavy atom. The molecule has 0 radical (unpaired) electrons. The number of carbonyl (C=O) groups is 1. The fourth-order valence-corrected chi connectivity index (χ4v) is 3.89. The van der Waals surface area contributed by atoms with Crippen LogP contribution in [0.2, 0.25) is 0 Å². The first-order valence-corrected chi connectivity index (χ1v) is 9.50.